The zero-order chi connectivity index (χ0) is 13.7. The van der Waals surface area contributed by atoms with Crippen molar-refractivity contribution in [2.75, 3.05) is 20.2 Å². The summed E-state index contributed by atoms with van der Waals surface area (Å²) in [7, 11) is 1.66. The first kappa shape index (κ1) is 13.9. The van der Waals surface area contributed by atoms with Gasteiger partial charge in [-0.3, -0.25) is 4.79 Å². The molecule has 0 aromatic heterocycles. The first-order valence-corrected chi connectivity index (χ1v) is 6.89. The van der Waals surface area contributed by atoms with Crippen LogP contribution in [0.25, 0.3) is 0 Å². The highest BCUT2D eigenvalue weighted by Crippen LogP contribution is 2.17. The summed E-state index contributed by atoms with van der Waals surface area (Å²) in [5.41, 5.74) is 1.14. The quantitative estimate of drug-likeness (QED) is 0.879. The fraction of sp³-hybridized carbons (Fsp3) is 0.533. The molecule has 1 aliphatic heterocycles. The van der Waals surface area contributed by atoms with Gasteiger partial charge in [-0.1, -0.05) is 19.1 Å². The van der Waals surface area contributed by atoms with Crippen LogP contribution in [0.4, 0.5) is 0 Å². The predicted molar refractivity (Wildman–Crippen MR) is 75.1 cm³/mol. The minimum absolute atomic E-state index is 0.00278. The molecule has 1 saturated heterocycles. The minimum atomic E-state index is -0.00278. The van der Waals surface area contributed by atoms with Gasteiger partial charge in [-0.05, 0) is 37.1 Å². The Morgan fingerprint density at radius 2 is 2.11 bits per heavy atom. The van der Waals surface area contributed by atoms with E-state index in [9.17, 15) is 4.79 Å². The number of rotatable bonds is 5. The van der Waals surface area contributed by atoms with Crippen LogP contribution in [0.3, 0.4) is 0 Å². The van der Waals surface area contributed by atoms with Crippen LogP contribution >= 0.6 is 0 Å². The van der Waals surface area contributed by atoms with Crippen LogP contribution in [0, 0.1) is 0 Å². The van der Waals surface area contributed by atoms with E-state index < -0.39 is 0 Å². The Morgan fingerprint density at radius 3 is 2.74 bits per heavy atom. The number of piperidine rings is 1. The molecule has 1 fully saturated rings. The Balaban J connectivity index is 1.98. The summed E-state index contributed by atoms with van der Waals surface area (Å²) in [5, 5.41) is 3.26. The van der Waals surface area contributed by atoms with Gasteiger partial charge in [-0.25, -0.2) is 0 Å². The highest BCUT2D eigenvalue weighted by atomic mass is 16.5. The van der Waals surface area contributed by atoms with Gasteiger partial charge in [0.25, 0.3) is 0 Å². The van der Waals surface area contributed by atoms with Gasteiger partial charge in [0.05, 0.1) is 13.2 Å². The lowest BCUT2D eigenvalue weighted by Gasteiger charge is -2.32. The van der Waals surface area contributed by atoms with Crippen molar-refractivity contribution in [3.63, 3.8) is 0 Å². The van der Waals surface area contributed by atoms with Crippen LogP contribution in [0.15, 0.2) is 24.3 Å². The normalized spacial score (nSPS) is 19.6. The molecule has 0 bridgehead atoms. The molecule has 0 radical (unpaired) electrons. The van der Waals surface area contributed by atoms with E-state index in [4.69, 9.17) is 4.74 Å². The smallest absolute Gasteiger partial charge is 0.240 e. The first-order valence-electron chi connectivity index (χ1n) is 6.89. The third-order valence-corrected chi connectivity index (χ3v) is 3.51. The number of carbonyl (C=O) groups is 1. The molecule has 0 spiro atoms. The van der Waals surface area contributed by atoms with Gasteiger partial charge in [0, 0.05) is 13.1 Å². The molecule has 1 atom stereocenters. The number of likely N-dealkylation sites (tertiary alicyclic amines) is 1. The number of methoxy groups -OCH3 is 1. The van der Waals surface area contributed by atoms with Gasteiger partial charge < -0.3 is 15.0 Å². The number of nitrogens with one attached hydrogen (secondary N) is 1. The van der Waals surface area contributed by atoms with E-state index in [1.807, 2.05) is 36.1 Å². The van der Waals surface area contributed by atoms with Crippen molar-refractivity contribution in [2.45, 2.75) is 32.4 Å². The highest BCUT2D eigenvalue weighted by Gasteiger charge is 2.27. The van der Waals surface area contributed by atoms with Gasteiger partial charge >= 0.3 is 0 Å². The molecule has 19 heavy (non-hydrogen) atoms. The summed E-state index contributed by atoms with van der Waals surface area (Å²) in [4.78, 5) is 14.2. The maximum atomic E-state index is 12.3. The molecule has 4 nitrogen and oxygen atoms in total. The van der Waals surface area contributed by atoms with Crippen LogP contribution < -0.4 is 10.1 Å². The summed E-state index contributed by atoms with van der Waals surface area (Å²) in [6.07, 6.45) is 2.02. The number of ether oxygens (including phenoxy) is 1. The van der Waals surface area contributed by atoms with Crippen LogP contribution in [0.1, 0.15) is 25.3 Å². The molecule has 104 valence electrons. The summed E-state index contributed by atoms with van der Waals surface area (Å²) < 4.78 is 5.14. The Labute approximate surface area is 114 Å². The molecule has 1 unspecified atom stereocenters. The van der Waals surface area contributed by atoms with E-state index in [0.29, 0.717) is 6.54 Å². The van der Waals surface area contributed by atoms with E-state index in [2.05, 4.69) is 5.32 Å². The molecule has 1 aromatic carbocycles. The third kappa shape index (κ3) is 3.47. The predicted octanol–water partition coefficient (Wildman–Crippen LogP) is 1.80. The molecule has 1 heterocycles. The van der Waals surface area contributed by atoms with E-state index in [1.54, 1.807) is 7.11 Å². The Bertz CT molecular complexity index is 415. The van der Waals surface area contributed by atoms with E-state index >= 15 is 0 Å². The number of hydrogen-bond acceptors (Lipinski definition) is 3. The topological polar surface area (TPSA) is 41.6 Å². The van der Waals surface area contributed by atoms with Gasteiger partial charge in [-0.2, -0.15) is 0 Å². The second-order valence-electron chi connectivity index (χ2n) is 4.86. The van der Waals surface area contributed by atoms with Crippen molar-refractivity contribution in [1.29, 1.82) is 0 Å². The first-order chi connectivity index (χ1) is 9.24. The maximum absolute atomic E-state index is 12.3. The molecular formula is C15H22N2O2. The average molecular weight is 262 g/mol. The zero-order valence-corrected chi connectivity index (χ0v) is 11.7. The van der Waals surface area contributed by atoms with Crippen LogP contribution in [0.2, 0.25) is 0 Å². The Kier molecular flexibility index (Phi) is 4.80. The minimum Gasteiger partial charge on any atom is -0.497 e. The second kappa shape index (κ2) is 6.57. The Hall–Kier alpha value is -1.55. The Morgan fingerprint density at radius 1 is 1.37 bits per heavy atom. The van der Waals surface area contributed by atoms with Crippen molar-refractivity contribution in [1.82, 2.24) is 10.2 Å². The van der Waals surface area contributed by atoms with Gasteiger partial charge in [0.1, 0.15) is 5.75 Å². The lowest BCUT2D eigenvalue weighted by atomic mass is 10.0. The van der Waals surface area contributed by atoms with Crippen molar-refractivity contribution < 1.29 is 9.53 Å². The highest BCUT2D eigenvalue weighted by molar-refractivity contribution is 5.82. The number of nitrogens with zero attached hydrogens (tertiary/aromatic N) is 1. The van der Waals surface area contributed by atoms with Gasteiger partial charge in [-0.15, -0.1) is 0 Å². The molecule has 1 N–H and O–H groups in total. The van der Waals surface area contributed by atoms with E-state index in [-0.39, 0.29) is 11.9 Å². The number of hydrogen-bond donors (Lipinski definition) is 1. The standard InChI is InChI=1S/C15H22N2O2/c1-3-16-14-5-4-10-17(15(14)18)11-12-6-8-13(19-2)9-7-12/h6-9,14,16H,3-5,10-11H2,1-2H3. The lowest BCUT2D eigenvalue weighted by molar-refractivity contribution is -0.136. The van der Waals surface area contributed by atoms with E-state index in [0.717, 1.165) is 37.2 Å². The second-order valence-corrected chi connectivity index (χ2v) is 4.86. The molecule has 2 rings (SSSR count). The summed E-state index contributed by atoms with van der Waals surface area (Å²) in [6.45, 7) is 4.42. The van der Waals surface area contributed by atoms with Crippen molar-refractivity contribution >= 4 is 5.91 Å². The third-order valence-electron chi connectivity index (χ3n) is 3.51. The molecule has 1 aliphatic rings. The number of amides is 1. The molecule has 1 aromatic rings. The molecule has 0 aliphatic carbocycles. The molecule has 0 saturated carbocycles. The molecular weight excluding hydrogens is 240 g/mol. The van der Waals surface area contributed by atoms with Gasteiger partial charge in [0.15, 0.2) is 0 Å². The molecule has 1 amide bonds. The van der Waals surface area contributed by atoms with Crippen molar-refractivity contribution in [3.05, 3.63) is 29.8 Å². The van der Waals surface area contributed by atoms with Crippen LogP contribution in [-0.2, 0) is 11.3 Å². The van der Waals surface area contributed by atoms with Crippen molar-refractivity contribution in [3.8, 4) is 5.75 Å². The van der Waals surface area contributed by atoms with Gasteiger partial charge in [0.2, 0.25) is 5.91 Å². The fourth-order valence-corrected chi connectivity index (χ4v) is 2.48. The number of benzene rings is 1. The lowest BCUT2D eigenvalue weighted by Crippen LogP contribution is -2.50. The summed E-state index contributed by atoms with van der Waals surface area (Å²) >= 11 is 0. The zero-order valence-electron chi connectivity index (χ0n) is 11.7. The summed E-state index contributed by atoms with van der Waals surface area (Å²) in [6, 6.07) is 7.90. The van der Waals surface area contributed by atoms with Crippen LogP contribution in [0.5, 0.6) is 5.75 Å². The largest absolute Gasteiger partial charge is 0.497 e. The van der Waals surface area contributed by atoms with E-state index in [1.165, 1.54) is 0 Å². The SMILES string of the molecule is CCNC1CCCN(Cc2ccc(OC)cc2)C1=O. The molecule has 4 heteroatoms. The number of carbonyl (C=O) groups excluding carboxylic acids is 1. The van der Waals surface area contributed by atoms with Crippen LogP contribution in [-0.4, -0.2) is 37.0 Å². The number of likely N-dealkylation sites (N-methyl/N-ethyl adjacent to an activating group) is 1. The summed E-state index contributed by atoms with van der Waals surface area (Å²) in [5.74, 6) is 1.07. The fourth-order valence-electron chi connectivity index (χ4n) is 2.48. The monoisotopic (exact) mass is 262 g/mol. The maximum Gasteiger partial charge on any atom is 0.240 e. The van der Waals surface area contributed by atoms with Crippen molar-refractivity contribution in [2.24, 2.45) is 0 Å². The average Bonchev–Trinajstić information content (AvgIpc) is 2.44.